The average Bonchev–Trinajstić information content (AvgIpc) is 2.25. The van der Waals surface area contributed by atoms with Crippen LogP contribution in [-0.2, 0) is 9.09 Å². The van der Waals surface area contributed by atoms with Crippen molar-refractivity contribution in [1.82, 2.24) is 0 Å². The standard InChI is InChI=1S/C10H22O7P2/c1-9(2)7-5-3-4-6-8-17-19(15,16)10(11)18(12,13)14/h9,12-14H,3-8H2,1-2H3/p+1. The third-order valence-corrected chi connectivity index (χ3v) is 5.53. The molecule has 4 N–H and O–H groups in total. The molecule has 0 aromatic carbocycles. The summed E-state index contributed by atoms with van der Waals surface area (Å²) in [5.74, 6) is 0.641. The van der Waals surface area contributed by atoms with Crippen LogP contribution in [0.25, 0.3) is 0 Å². The van der Waals surface area contributed by atoms with Crippen LogP contribution in [-0.4, -0.2) is 31.4 Å². The molecule has 0 heterocycles. The molecule has 0 aromatic rings. The zero-order valence-corrected chi connectivity index (χ0v) is 13.0. The van der Waals surface area contributed by atoms with E-state index in [-0.39, 0.29) is 6.61 Å². The van der Waals surface area contributed by atoms with Crippen molar-refractivity contribution in [2.75, 3.05) is 6.61 Å². The number of hydrogen-bond donors (Lipinski definition) is 4. The van der Waals surface area contributed by atoms with Crippen molar-refractivity contribution >= 4 is 20.8 Å². The Balaban J connectivity index is 3.83. The van der Waals surface area contributed by atoms with Gasteiger partial charge in [0.25, 0.3) is 0 Å². The fourth-order valence-electron chi connectivity index (χ4n) is 1.42. The van der Waals surface area contributed by atoms with Crippen LogP contribution in [0.2, 0.25) is 0 Å². The predicted octanol–water partition coefficient (Wildman–Crippen LogP) is 2.65. The summed E-state index contributed by atoms with van der Waals surface area (Å²) in [6, 6.07) is 0. The van der Waals surface area contributed by atoms with Crippen molar-refractivity contribution in [2.45, 2.75) is 46.0 Å². The Bertz CT molecular complexity index is 324. The van der Waals surface area contributed by atoms with E-state index >= 15 is 0 Å². The fraction of sp³-hybridized carbons (Fsp3) is 0.900. The monoisotopic (exact) mass is 317 g/mol. The summed E-state index contributed by atoms with van der Waals surface area (Å²) in [5.41, 5.74) is 0. The van der Waals surface area contributed by atoms with E-state index in [0.717, 1.165) is 25.7 Å². The van der Waals surface area contributed by atoms with Crippen LogP contribution in [0, 0.1) is 5.92 Å². The first-order chi connectivity index (χ1) is 8.57. The summed E-state index contributed by atoms with van der Waals surface area (Å²) in [5, 5.41) is -1.93. The molecule has 0 aliphatic carbocycles. The highest BCUT2D eigenvalue weighted by Crippen LogP contribution is 2.62. The van der Waals surface area contributed by atoms with Crippen LogP contribution >= 0.6 is 15.5 Å². The molecule has 0 radical (unpaired) electrons. The second-order valence-electron chi connectivity index (χ2n) is 4.80. The zero-order valence-electron chi connectivity index (χ0n) is 11.2. The molecule has 19 heavy (non-hydrogen) atoms. The first-order valence-electron chi connectivity index (χ1n) is 6.17. The number of unbranched alkanes of at least 4 members (excludes halogenated alkanes) is 3. The lowest BCUT2D eigenvalue weighted by Crippen LogP contribution is -2.07. The number of carbonyl (C=O) groups is 1. The summed E-state index contributed by atoms with van der Waals surface area (Å²) < 4.78 is 15.7. The van der Waals surface area contributed by atoms with Crippen molar-refractivity contribution in [1.29, 1.82) is 0 Å². The molecular weight excluding hydrogens is 294 g/mol. The van der Waals surface area contributed by atoms with Crippen LogP contribution < -0.4 is 0 Å². The van der Waals surface area contributed by atoms with Gasteiger partial charge in [-0.05, 0) is 12.3 Å². The topological polar surface area (TPSA) is 124 Å². The molecule has 0 aliphatic heterocycles. The zero-order chi connectivity index (χ0) is 15.1. The first-order valence-corrected chi connectivity index (χ1v) is 9.39. The van der Waals surface area contributed by atoms with Crippen LogP contribution in [0.4, 0.5) is 4.79 Å². The second kappa shape index (κ2) is 8.42. The Morgan fingerprint density at radius 1 is 1.16 bits per heavy atom. The second-order valence-corrected chi connectivity index (χ2v) is 8.40. The molecule has 0 rings (SSSR count). The maximum Gasteiger partial charge on any atom is 0.492 e. The minimum atomic E-state index is -4.98. The molecule has 1 unspecified atom stereocenters. The lowest BCUT2D eigenvalue weighted by atomic mass is 10.0. The highest BCUT2D eigenvalue weighted by molar-refractivity contribution is 8.00. The SMILES string of the molecule is CC(C)CCCCCCOP(=O)(O)C(=O)[P+](O)(O)O. The van der Waals surface area contributed by atoms with Crippen molar-refractivity contribution in [3.63, 3.8) is 0 Å². The summed E-state index contributed by atoms with van der Waals surface area (Å²) >= 11 is 0. The van der Waals surface area contributed by atoms with Crippen molar-refractivity contribution in [2.24, 2.45) is 5.92 Å². The van der Waals surface area contributed by atoms with E-state index in [9.17, 15) is 9.36 Å². The maximum atomic E-state index is 11.3. The summed E-state index contributed by atoms with van der Waals surface area (Å²) in [7, 11) is -9.80. The minimum Gasteiger partial charge on any atom is -0.316 e. The normalized spacial score (nSPS) is 15.5. The third kappa shape index (κ3) is 8.82. The Morgan fingerprint density at radius 2 is 1.68 bits per heavy atom. The molecule has 7 nitrogen and oxygen atoms in total. The molecule has 114 valence electrons. The van der Waals surface area contributed by atoms with Gasteiger partial charge in [-0.25, -0.2) is 9.36 Å². The molecule has 1 atom stereocenters. The summed E-state index contributed by atoms with van der Waals surface area (Å²) in [4.78, 5) is 45.9. The van der Waals surface area contributed by atoms with Crippen LogP contribution in [0.15, 0.2) is 0 Å². The van der Waals surface area contributed by atoms with Gasteiger partial charge < -0.3 is 9.42 Å². The van der Waals surface area contributed by atoms with E-state index in [2.05, 4.69) is 18.4 Å². The molecule has 0 bridgehead atoms. The van der Waals surface area contributed by atoms with Gasteiger partial charge in [-0.2, -0.15) is 14.7 Å². The largest absolute Gasteiger partial charge is 0.492 e. The number of carbonyl (C=O) groups excluding carboxylic acids is 1. The van der Waals surface area contributed by atoms with Gasteiger partial charge in [-0.15, -0.1) is 0 Å². The summed E-state index contributed by atoms with van der Waals surface area (Å²) in [6.45, 7) is 4.12. The van der Waals surface area contributed by atoms with Gasteiger partial charge >= 0.3 is 20.8 Å². The third-order valence-electron chi connectivity index (χ3n) is 2.44. The van der Waals surface area contributed by atoms with Gasteiger partial charge in [0.15, 0.2) is 0 Å². The van der Waals surface area contributed by atoms with Gasteiger partial charge in [0.2, 0.25) is 0 Å². The molecule has 0 amide bonds. The highest BCUT2D eigenvalue weighted by atomic mass is 31.3. The molecule has 0 saturated carbocycles. The van der Waals surface area contributed by atoms with Crippen molar-refractivity contribution < 1.29 is 33.5 Å². The van der Waals surface area contributed by atoms with Gasteiger partial charge in [0.1, 0.15) is 0 Å². The molecular formula is C10H23O7P2+. The Kier molecular flexibility index (Phi) is 8.48. The fourth-order valence-corrected chi connectivity index (χ4v) is 3.44. The number of rotatable bonds is 10. The van der Waals surface area contributed by atoms with E-state index in [1.54, 1.807) is 0 Å². The van der Waals surface area contributed by atoms with E-state index in [1.165, 1.54) is 0 Å². The Morgan fingerprint density at radius 3 is 2.16 bits per heavy atom. The van der Waals surface area contributed by atoms with Gasteiger partial charge in [-0.3, -0.25) is 0 Å². The quantitative estimate of drug-likeness (QED) is 0.360. The predicted molar refractivity (Wildman–Crippen MR) is 72.7 cm³/mol. The van der Waals surface area contributed by atoms with E-state index in [0.29, 0.717) is 12.3 Å². The smallest absolute Gasteiger partial charge is 0.316 e. The van der Waals surface area contributed by atoms with Crippen LogP contribution in [0.1, 0.15) is 46.0 Å². The van der Waals surface area contributed by atoms with Crippen molar-refractivity contribution in [3.8, 4) is 0 Å². The Hall–Kier alpha value is 0.130. The van der Waals surface area contributed by atoms with Gasteiger partial charge in [0, 0.05) is 0 Å². The van der Waals surface area contributed by atoms with E-state index in [4.69, 9.17) is 19.6 Å². The lowest BCUT2D eigenvalue weighted by Gasteiger charge is -2.10. The Labute approximate surface area is 113 Å². The summed E-state index contributed by atoms with van der Waals surface area (Å²) in [6.07, 6.45) is 4.42. The van der Waals surface area contributed by atoms with Crippen molar-refractivity contribution in [3.05, 3.63) is 0 Å². The molecule has 0 saturated heterocycles. The van der Waals surface area contributed by atoms with E-state index < -0.39 is 20.8 Å². The molecule has 9 heteroatoms. The maximum absolute atomic E-state index is 11.3. The molecule has 0 spiro atoms. The minimum absolute atomic E-state index is 0.138. The highest BCUT2D eigenvalue weighted by Gasteiger charge is 2.56. The molecule has 0 aromatic heterocycles. The van der Waals surface area contributed by atoms with Gasteiger partial charge in [0.05, 0.1) is 6.61 Å². The molecule has 0 aliphatic rings. The lowest BCUT2D eigenvalue weighted by molar-refractivity contribution is 0.229. The first kappa shape index (κ1) is 19.1. The average molecular weight is 317 g/mol. The van der Waals surface area contributed by atoms with E-state index in [1.807, 2.05) is 0 Å². The number of hydrogen-bond acceptors (Lipinski definition) is 6. The molecule has 0 fully saturated rings. The van der Waals surface area contributed by atoms with Crippen LogP contribution in [0.5, 0.6) is 0 Å². The van der Waals surface area contributed by atoms with Crippen LogP contribution in [0.3, 0.4) is 0 Å². The van der Waals surface area contributed by atoms with Gasteiger partial charge in [-0.1, -0.05) is 39.5 Å².